The Hall–Kier alpha value is -2.96. The van der Waals surface area contributed by atoms with E-state index in [4.69, 9.17) is 0 Å². The standard InChI is InChI=1S/C20H20F2N2O3/c1-12(13-4-8-16(9-5-13)24-19(26)14-2-3-14)23-18(25)15-6-10-17(11-7-15)27-20(21)22/h4-12,14,20H,2-3H2,1H3,(H,23,25)(H,24,26). The van der Waals surface area contributed by atoms with Crippen molar-refractivity contribution in [2.75, 3.05) is 5.32 Å². The minimum Gasteiger partial charge on any atom is -0.435 e. The second kappa shape index (κ2) is 8.16. The van der Waals surface area contributed by atoms with E-state index in [1.165, 1.54) is 24.3 Å². The fraction of sp³-hybridized carbons (Fsp3) is 0.300. The highest BCUT2D eigenvalue weighted by Crippen LogP contribution is 2.30. The van der Waals surface area contributed by atoms with Gasteiger partial charge >= 0.3 is 6.61 Å². The van der Waals surface area contributed by atoms with Crippen LogP contribution in [0.4, 0.5) is 14.5 Å². The lowest BCUT2D eigenvalue weighted by Crippen LogP contribution is -2.26. The summed E-state index contributed by atoms with van der Waals surface area (Å²) >= 11 is 0. The van der Waals surface area contributed by atoms with E-state index < -0.39 is 6.61 Å². The first-order valence-corrected chi connectivity index (χ1v) is 8.69. The van der Waals surface area contributed by atoms with E-state index in [1.54, 1.807) is 12.1 Å². The summed E-state index contributed by atoms with van der Waals surface area (Å²) in [6.07, 6.45) is 1.89. The molecule has 1 unspecified atom stereocenters. The smallest absolute Gasteiger partial charge is 0.387 e. The molecule has 142 valence electrons. The largest absolute Gasteiger partial charge is 0.435 e. The third kappa shape index (κ3) is 5.26. The topological polar surface area (TPSA) is 67.4 Å². The minimum atomic E-state index is -2.90. The molecule has 3 rings (SSSR count). The van der Waals surface area contributed by atoms with Crippen molar-refractivity contribution in [3.8, 4) is 5.75 Å². The third-order valence-electron chi connectivity index (χ3n) is 4.32. The van der Waals surface area contributed by atoms with Gasteiger partial charge in [0.25, 0.3) is 5.91 Å². The Morgan fingerprint density at radius 3 is 2.22 bits per heavy atom. The summed E-state index contributed by atoms with van der Waals surface area (Å²) in [5.74, 6) is -0.139. The average molecular weight is 374 g/mol. The highest BCUT2D eigenvalue weighted by Gasteiger charge is 2.29. The van der Waals surface area contributed by atoms with Crippen LogP contribution < -0.4 is 15.4 Å². The molecule has 0 aromatic heterocycles. The molecule has 0 saturated heterocycles. The second-order valence-corrected chi connectivity index (χ2v) is 6.48. The molecule has 5 nitrogen and oxygen atoms in total. The first kappa shape index (κ1) is 18.8. The molecule has 2 amide bonds. The first-order valence-electron chi connectivity index (χ1n) is 8.69. The molecule has 1 aliphatic carbocycles. The summed E-state index contributed by atoms with van der Waals surface area (Å²) in [4.78, 5) is 24.1. The normalized spacial score (nSPS) is 14.5. The molecule has 27 heavy (non-hydrogen) atoms. The van der Waals surface area contributed by atoms with Crippen molar-refractivity contribution >= 4 is 17.5 Å². The number of hydrogen-bond donors (Lipinski definition) is 2. The van der Waals surface area contributed by atoms with Crippen molar-refractivity contribution in [2.45, 2.75) is 32.4 Å². The summed E-state index contributed by atoms with van der Waals surface area (Å²) in [5, 5.41) is 5.71. The predicted octanol–water partition coefficient (Wildman–Crippen LogP) is 4.13. The molecule has 1 saturated carbocycles. The SMILES string of the molecule is CC(NC(=O)c1ccc(OC(F)F)cc1)c1ccc(NC(=O)C2CC2)cc1. The number of carbonyl (C=O) groups is 2. The molecule has 0 heterocycles. The van der Waals surface area contributed by atoms with Crippen LogP contribution in [0.3, 0.4) is 0 Å². The van der Waals surface area contributed by atoms with Gasteiger partial charge in [-0.15, -0.1) is 0 Å². The maximum absolute atomic E-state index is 12.3. The Morgan fingerprint density at radius 1 is 1.04 bits per heavy atom. The van der Waals surface area contributed by atoms with Crippen LogP contribution in [0.2, 0.25) is 0 Å². The maximum Gasteiger partial charge on any atom is 0.387 e. The van der Waals surface area contributed by atoms with Gasteiger partial charge in [-0.3, -0.25) is 9.59 Å². The van der Waals surface area contributed by atoms with E-state index in [1.807, 2.05) is 19.1 Å². The summed E-state index contributed by atoms with van der Waals surface area (Å²) < 4.78 is 28.6. The Labute approximate surface area is 155 Å². The number of benzene rings is 2. The fourth-order valence-electron chi connectivity index (χ4n) is 2.60. The zero-order chi connectivity index (χ0) is 19.4. The summed E-state index contributed by atoms with van der Waals surface area (Å²) in [6.45, 7) is -1.06. The Balaban J connectivity index is 1.56. The van der Waals surface area contributed by atoms with Gasteiger partial charge in [0.2, 0.25) is 5.91 Å². The van der Waals surface area contributed by atoms with Crippen LogP contribution in [0.1, 0.15) is 41.7 Å². The Kier molecular flexibility index (Phi) is 5.69. The van der Waals surface area contributed by atoms with E-state index in [2.05, 4.69) is 15.4 Å². The number of ether oxygens (including phenoxy) is 1. The van der Waals surface area contributed by atoms with Crippen molar-refractivity contribution in [3.05, 3.63) is 59.7 Å². The summed E-state index contributed by atoms with van der Waals surface area (Å²) in [7, 11) is 0. The highest BCUT2D eigenvalue weighted by atomic mass is 19.3. The Bertz CT molecular complexity index is 803. The number of anilines is 1. The molecule has 1 fully saturated rings. The number of halogens is 2. The molecule has 2 aromatic carbocycles. The molecule has 2 N–H and O–H groups in total. The zero-order valence-electron chi connectivity index (χ0n) is 14.7. The lowest BCUT2D eigenvalue weighted by molar-refractivity contribution is -0.117. The molecule has 0 spiro atoms. The number of carbonyl (C=O) groups excluding carboxylic acids is 2. The van der Waals surface area contributed by atoms with E-state index >= 15 is 0 Å². The zero-order valence-corrected chi connectivity index (χ0v) is 14.7. The van der Waals surface area contributed by atoms with Crippen LogP contribution >= 0.6 is 0 Å². The van der Waals surface area contributed by atoms with Gasteiger partial charge < -0.3 is 15.4 Å². The fourth-order valence-corrected chi connectivity index (χ4v) is 2.60. The van der Waals surface area contributed by atoms with Crippen molar-refractivity contribution in [1.29, 1.82) is 0 Å². The van der Waals surface area contributed by atoms with Crippen LogP contribution in [-0.4, -0.2) is 18.4 Å². The Morgan fingerprint density at radius 2 is 1.67 bits per heavy atom. The number of alkyl halides is 2. The van der Waals surface area contributed by atoms with Crippen LogP contribution in [0.25, 0.3) is 0 Å². The maximum atomic E-state index is 12.3. The van der Waals surface area contributed by atoms with Crippen LogP contribution in [0.5, 0.6) is 5.75 Å². The predicted molar refractivity (Wildman–Crippen MR) is 96.8 cm³/mol. The highest BCUT2D eigenvalue weighted by molar-refractivity contribution is 5.95. The molecule has 1 atom stereocenters. The van der Waals surface area contributed by atoms with Gasteiger partial charge in [-0.05, 0) is 61.7 Å². The van der Waals surface area contributed by atoms with Gasteiger partial charge in [0, 0.05) is 17.2 Å². The van der Waals surface area contributed by atoms with Gasteiger partial charge in [-0.1, -0.05) is 12.1 Å². The van der Waals surface area contributed by atoms with Crippen molar-refractivity contribution in [1.82, 2.24) is 5.32 Å². The molecule has 0 aliphatic heterocycles. The van der Waals surface area contributed by atoms with Crippen molar-refractivity contribution in [2.24, 2.45) is 5.92 Å². The first-order chi connectivity index (χ1) is 12.9. The van der Waals surface area contributed by atoms with Gasteiger partial charge in [0.15, 0.2) is 0 Å². The van der Waals surface area contributed by atoms with Crippen LogP contribution in [0, 0.1) is 5.92 Å². The molecule has 1 aliphatic rings. The van der Waals surface area contributed by atoms with Gasteiger partial charge in [-0.2, -0.15) is 8.78 Å². The van der Waals surface area contributed by atoms with E-state index in [0.717, 1.165) is 24.1 Å². The second-order valence-electron chi connectivity index (χ2n) is 6.48. The molecular weight excluding hydrogens is 354 g/mol. The lowest BCUT2D eigenvalue weighted by Gasteiger charge is -2.15. The van der Waals surface area contributed by atoms with Crippen LogP contribution in [-0.2, 0) is 4.79 Å². The van der Waals surface area contributed by atoms with Crippen molar-refractivity contribution in [3.63, 3.8) is 0 Å². The summed E-state index contributed by atoms with van der Waals surface area (Å²) in [6, 6.07) is 12.5. The molecular formula is C20H20F2N2O3. The number of amides is 2. The van der Waals surface area contributed by atoms with Gasteiger partial charge in [0.1, 0.15) is 5.75 Å². The monoisotopic (exact) mass is 374 g/mol. The van der Waals surface area contributed by atoms with E-state index in [9.17, 15) is 18.4 Å². The summed E-state index contributed by atoms with van der Waals surface area (Å²) in [5.41, 5.74) is 1.95. The number of hydrogen-bond acceptors (Lipinski definition) is 3. The molecule has 7 heteroatoms. The van der Waals surface area contributed by atoms with Crippen molar-refractivity contribution < 1.29 is 23.1 Å². The van der Waals surface area contributed by atoms with E-state index in [-0.39, 0.29) is 29.5 Å². The molecule has 0 bridgehead atoms. The number of nitrogens with one attached hydrogen (secondary N) is 2. The third-order valence-corrected chi connectivity index (χ3v) is 4.32. The molecule has 0 radical (unpaired) electrons. The lowest BCUT2D eigenvalue weighted by atomic mass is 10.1. The quantitative estimate of drug-likeness (QED) is 0.766. The van der Waals surface area contributed by atoms with Gasteiger partial charge in [0.05, 0.1) is 6.04 Å². The minimum absolute atomic E-state index is 0.00145. The van der Waals surface area contributed by atoms with E-state index in [0.29, 0.717) is 5.56 Å². The van der Waals surface area contributed by atoms with Gasteiger partial charge in [-0.25, -0.2) is 0 Å². The number of rotatable bonds is 7. The van der Waals surface area contributed by atoms with Crippen LogP contribution in [0.15, 0.2) is 48.5 Å². The average Bonchev–Trinajstić information content (AvgIpc) is 3.47. The molecule has 2 aromatic rings.